The molecule has 0 amide bonds. The number of hydrogen-bond acceptors (Lipinski definition) is 11. The molecule has 79 heavy (non-hydrogen) atoms. The van der Waals surface area contributed by atoms with Crippen molar-refractivity contribution in [2.24, 2.45) is 0 Å². The van der Waals surface area contributed by atoms with Gasteiger partial charge in [0.05, 0.1) is 6.61 Å². The average Bonchev–Trinajstić information content (AvgIpc) is 3.47. The molecule has 454 valence electrons. The molecule has 1 fully saturated rings. The zero-order valence-corrected chi connectivity index (χ0v) is 50.1. The summed E-state index contributed by atoms with van der Waals surface area (Å²) >= 11 is 0. The van der Waals surface area contributed by atoms with Gasteiger partial charge in [-0.25, -0.2) is 4.79 Å². The van der Waals surface area contributed by atoms with Gasteiger partial charge in [-0.3, -0.25) is 14.4 Å². The number of carbonyl (C=O) groups excluding carboxylic acids is 3. The van der Waals surface area contributed by atoms with Gasteiger partial charge in [0.25, 0.3) is 0 Å². The molecule has 1 saturated heterocycles. The third-order valence-electron chi connectivity index (χ3n) is 14.3. The molecule has 6 atom stereocenters. The van der Waals surface area contributed by atoms with Gasteiger partial charge in [0, 0.05) is 19.3 Å². The van der Waals surface area contributed by atoms with Crippen molar-refractivity contribution in [3.8, 4) is 0 Å². The summed E-state index contributed by atoms with van der Waals surface area (Å²) in [5.74, 6) is -3.13. The summed E-state index contributed by atoms with van der Waals surface area (Å²) in [7, 11) is 0. The lowest BCUT2D eigenvalue weighted by atomic mass is 9.98. The van der Waals surface area contributed by atoms with Crippen molar-refractivity contribution in [1.82, 2.24) is 0 Å². The molecule has 0 aromatic rings. The molecule has 0 aliphatic carbocycles. The fourth-order valence-corrected chi connectivity index (χ4v) is 9.39. The number of allylic oxidation sites excluding steroid dienone is 12. The summed E-state index contributed by atoms with van der Waals surface area (Å²) in [5, 5.41) is 31.6. The lowest BCUT2D eigenvalue weighted by molar-refractivity contribution is -0.301. The second-order valence-electron chi connectivity index (χ2n) is 21.7. The summed E-state index contributed by atoms with van der Waals surface area (Å²) in [6.45, 7) is 5.86. The first-order valence-corrected chi connectivity index (χ1v) is 31.9. The Balaban J connectivity index is 2.66. The Morgan fingerprint density at radius 3 is 1.24 bits per heavy atom. The Bertz CT molecular complexity index is 1650. The van der Waals surface area contributed by atoms with E-state index in [1.807, 2.05) is 0 Å². The third kappa shape index (κ3) is 44.5. The fourth-order valence-electron chi connectivity index (χ4n) is 9.39. The van der Waals surface area contributed by atoms with Crippen molar-refractivity contribution >= 4 is 23.9 Å². The van der Waals surface area contributed by atoms with E-state index < -0.39 is 67.3 Å². The Hall–Kier alpha value is -3.84. The minimum atomic E-state index is -1.91. The van der Waals surface area contributed by atoms with E-state index >= 15 is 0 Å². The van der Waals surface area contributed by atoms with E-state index in [-0.39, 0.29) is 25.9 Å². The number of carbonyl (C=O) groups is 4. The van der Waals surface area contributed by atoms with Crippen LogP contribution in [0.15, 0.2) is 72.9 Å². The summed E-state index contributed by atoms with van der Waals surface area (Å²) < 4.78 is 28.5. The summed E-state index contributed by atoms with van der Waals surface area (Å²) in [4.78, 5) is 51.3. The predicted molar refractivity (Wildman–Crippen MR) is 322 cm³/mol. The quantitative estimate of drug-likeness (QED) is 0.0228. The van der Waals surface area contributed by atoms with E-state index in [0.29, 0.717) is 19.3 Å². The van der Waals surface area contributed by atoms with Crippen LogP contribution in [0.3, 0.4) is 0 Å². The first-order chi connectivity index (χ1) is 38.6. The SMILES string of the molecule is CC/C=C\C/C=C\C/C=C\C/C=C\CCCCCCCCC(=O)OCC(COC1OC(C(=O)O)C(O)C(O)C1OC(=O)CCCCCCCCC/C=C\C/C=C\CCCCC)OC(=O)CCCCCCCCCCCCCCC. The number of aliphatic carboxylic acids is 1. The van der Waals surface area contributed by atoms with Crippen molar-refractivity contribution in [2.75, 3.05) is 13.2 Å². The van der Waals surface area contributed by atoms with E-state index in [4.69, 9.17) is 23.7 Å². The molecule has 3 N–H and O–H groups in total. The van der Waals surface area contributed by atoms with Crippen molar-refractivity contribution in [2.45, 2.75) is 314 Å². The van der Waals surface area contributed by atoms with E-state index in [2.05, 4.69) is 93.7 Å². The van der Waals surface area contributed by atoms with E-state index in [1.165, 1.54) is 77.0 Å². The van der Waals surface area contributed by atoms with Crippen LogP contribution >= 0.6 is 0 Å². The minimum Gasteiger partial charge on any atom is -0.479 e. The normalized spacial score (nSPS) is 18.3. The molecule has 12 heteroatoms. The number of hydrogen-bond donors (Lipinski definition) is 3. The molecule has 1 aliphatic heterocycles. The number of carboxylic acid groups (broad SMARTS) is 1. The molecule has 0 spiro atoms. The first-order valence-electron chi connectivity index (χ1n) is 31.9. The summed E-state index contributed by atoms with van der Waals surface area (Å²) in [6.07, 6.45) is 57.1. The standard InChI is InChI=1S/C67H114O12/c1-4-7-10-13-16-19-22-25-27-29-30-32-33-36-38-41-44-47-50-53-59(68)75-56-58(77-60(69)54-51-48-45-42-39-35-24-21-18-15-12-9-6-3)57-76-67-65(63(72)62(71)64(79-67)66(73)74)78-61(70)55-52-49-46-43-40-37-34-31-28-26-23-20-17-14-11-8-5-2/h7,10,16-17,19-20,25-28,30,32,58,62-65,67,71-72H,4-6,8-9,11-15,18,21-24,29,31,33-57H2,1-3H3,(H,73,74)/b10-7-,19-16-,20-17-,27-25-,28-26-,32-30-. The number of carboxylic acids is 1. The number of aliphatic hydroxyl groups is 2. The third-order valence-corrected chi connectivity index (χ3v) is 14.3. The second-order valence-corrected chi connectivity index (χ2v) is 21.7. The molecule has 12 nitrogen and oxygen atoms in total. The maximum absolute atomic E-state index is 13.2. The van der Waals surface area contributed by atoms with Crippen LogP contribution in [0, 0.1) is 0 Å². The number of ether oxygens (including phenoxy) is 5. The molecule has 1 heterocycles. The Morgan fingerprint density at radius 1 is 0.430 bits per heavy atom. The number of aliphatic hydroxyl groups excluding tert-OH is 2. The van der Waals surface area contributed by atoms with Gasteiger partial charge in [-0.2, -0.15) is 0 Å². The highest BCUT2D eigenvalue weighted by Gasteiger charge is 2.50. The zero-order chi connectivity index (χ0) is 57.5. The maximum atomic E-state index is 13.2. The van der Waals surface area contributed by atoms with Crippen LogP contribution < -0.4 is 0 Å². The largest absolute Gasteiger partial charge is 0.479 e. The van der Waals surface area contributed by atoms with Crippen molar-refractivity contribution in [1.29, 1.82) is 0 Å². The Kier molecular flexibility index (Phi) is 50.7. The van der Waals surface area contributed by atoms with Gasteiger partial charge in [-0.05, 0) is 89.9 Å². The van der Waals surface area contributed by atoms with Gasteiger partial charge in [-0.15, -0.1) is 0 Å². The molecule has 0 aromatic heterocycles. The van der Waals surface area contributed by atoms with Gasteiger partial charge in [0.15, 0.2) is 24.6 Å². The average molecular weight is 1110 g/mol. The lowest BCUT2D eigenvalue weighted by Gasteiger charge is -2.40. The Morgan fingerprint density at radius 2 is 0.797 bits per heavy atom. The molecule has 0 aromatic carbocycles. The predicted octanol–water partition coefficient (Wildman–Crippen LogP) is 16.9. The molecule has 0 saturated carbocycles. The molecule has 6 unspecified atom stereocenters. The monoisotopic (exact) mass is 1110 g/mol. The highest BCUT2D eigenvalue weighted by atomic mass is 16.7. The van der Waals surface area contributed by atoms with Crippen molar-refractivity contribution in [3.05, 3.63) is 72.9 Å². The van der Waals surface area contributed by atoms with E-state index in [1.54, 1.807) is 0 Å². The van der Waals surface area contributed by atoms with E-state index in [0.717, 1.165) is 141 Å². The number of rotatable bonds is 54. The molecular formula is C67H114O12. The fraction of sp³-hybridized carbons (Fsp3) is 0.761. The zero-order valence-electron chi connectivity index (χ0n) is 50.1. The first kappa shape index (κ1) is 73.2. The van der Waals surface area contributed by atoms with E-state index in [9.17, 15) is 34.5 Å². The van der Waals surface area contributed by atoms with Crippen molar-refractivity contribution in [3.63, 3.8) is 0 Å². The molecule has 1 aliphatic rings. The van der Waals surface area contributed by atoms with Crippen LogP contribution in [-0.2, 0) is 42.9 Å². The van der Waals surface area contributed by atoms with Gasteiger partial charge < -0.3 is 39.0 Å². The highest BCUT2D eigenvalue weighted by Crippen LogP contribution is 2.27. The summed E-state index contributed by atoms with van der Waals surface area (Å²) in [5.41, 5.74) is 0. The topological polar surface area (TPSA) is 175 Å². The van der Waals surface area contributed by atoms with Crippen LogP contribution in [0.4, 0.5) is 0 Å². The molecule has 0 radical (unpaired) electrons. The maximum Gasteiger partial charge on any atom is 0.335 e. The summed E-state index contributed by atoms with van der Waals surface area (Å²) in [6, 6.07) is 0. The van der Waals surface area contributed by atoms with Crippen molar-refractivity contribution < 1.29 is 58.2 Å². The van der Waals surface area contributed by atoms with Gasteiger partial charge in [-0.1, -0.05) is 241 Å². The van der Waals surface area contributed by atoms with Crippen LogP contribution in [0.2, 0.25) is 0 Å². The highest BCUT2D eigenvalue weighted by molar-refractivity contribution is 5.74. The van der Waals surface area contributed by atoms with Crippen LogP contribution in [-0.4, -0.2) is 89.2 Å². The van der Waals surface area contributed by atoms with Crippen LogP contribution in [0.1, 0.15) is 278 Å². The van der Waals surface area contributed by atoms with Gasteiger partial charge in [0.2, 0.25) is 0 Å². The Labute approximate surface area is 480 Å². The van der Waals surface area contributed by atoms with Crippen LogP contribution in [0.25, 0.3) is 0 Å². The minimum absolute atomic E-state index is 0.0499. The molecule has 1 rings (SSSR count). The van der Waals surface area contributed by atoms with Gasteiger partial charge >= 0.3 is 23.9 Å². The smallest absolute Gasteiger partial charge is 0.335 e. The lowest BCUT2D eigenvalue weighted by Crippen LogP contribution is -2.61. The number of unbranched alkanes of at least 4 members (excludes halogenated alkanes) is 28. The molecular weight excluding hydrogens is 997 g/mol. The molecule has 0 bridgehead atoms. The number of esters is 3. The van der Waals surface area contributed by atoms with Crippen LogP contribution in [0.5, 0.6) is 0 Å². The van der Waals surface area contributed by atoms with Gasteiger partial charge in [0.1, 0.15) is 18.8 Å². The second kappa shape index (κ2) is 54.7.